The third-order valence-electron chi connectivity index (χ3n) is 7.43. The topological polar surface area (TPSA) is 0 Å². The second-order valence-corrected chi connectivity index (χ2v) is 11.5. The van der Waals surface area contributed by atoms with E-state index in [1.54, 1.807) is 11.3 Å². The van der Waals surface area contributed by atoms with Crippen LogP contribution in [0.4, 0.5) is 0 Å². The Labute approximate surface area is 210 Å². The Morgan fingerprint density at radius 1 is 0.588 bits per heavy atom. The smallest absolute Gasteiger partial charge is 0.0735 e. The van der Waals surface area contributed by atoms with Crippen LogP contribution in [-0.4, -0.2) is 0 Å². The quantitative estimate of drug-likeness (QED) is 0.205. The van der Waals surface area contributed by atoms with Gasteiger partial charge in [-0.05, 0) is 51.6 Å². The van der Waals surface area contributed by atoms with Crippen molar-refractivity contribution in [3.05, 3.63) is 130 Å². The van der Waals surface area contributed by atoms with Crippen molar-refractivity contribution in [2.45, 2.75) is 15.2 Å². The summed E-state index contributed by atoms with van der Waals surface area (Å²) < 4.78 is 2.47. The summed E-state index contributed by atoms with van der Waals surface area (Å²) in [5, 5.41) is 3.42. The fourth-order valence-electron chi connectivity index (χ4n) is 6.16. The molecular weight excluding hydrogens is 472 g/mol. The molecule has 0 radical (unpaired) electrons. The van der Waals surface area contributed by atoms with Crippen LogP contribution in [0.15, 0.2) is 113 Å². The fraction of sp³-hybridized carbons (Fsp3) is 0.0323. The lowest BCUT2D eigenvalue weighted by Crippen LogP contribution is -2.31. The van der Waals surface area contributed by atoms with Gasteiger partial charge in [0.15, 0.2) is 0 Å². The van der Waals surface area contributed by atoms with E-state index in [4.69, 9.17) is 11.6 Å². The highest BCUT2D eigenvalue weighted by Crippen LogP contribution is 2.63. The van der Waals surface area contributed by atoms with Crippen LogP contribution in [0, 0.1) is 0 Å². The zero-order valence-corrected chi connectivity index (χ0v) is 20.4. The average molecular weight is 489 g/mol. The van der Waals surface area contributed by atoms with Crippen LogP contribution >= 0.6 is 34.7 Å². The molecule has 0 bridgehead atoms. The molecule has 0 unspecified atom stereocenters. The van der Waals surface area contributed by atoms with E-state index in [9.17, 15) is 0 Å². The maximum atomic E-state index is 6.65. The molecule has 1 aromatic heterocycles. The summed E-state index contributed by atoms with van der Waals surface area (Å²) in [7, 11) is 0. The molecule has 3 heteroatoms. The third kappa shape index (κ3) is 2.22. The summed E-state index contributed by atoms with van der Waals surface area (Å²) in [6, 6.07) is 37.9. The third-order valence-corrected chi connectivity index (χ3v) is 10.3. The first-order valence-corrected chi connectivity index (χ1v) is 13.4. The Morgan fingerprint density at radius 2 is 1.26 bits per heavy atom. The molecule has 0 N–H and O–H groups in total. The number of fused-ring (bicyclic) bond motifs is 13. The van der Waals surface area contributed by atoms with Crippen molar-refractivity contribution in [1.29, 1.82) is 0 Å². The van der Waals surface area contributed by atoms with Crippen LogP contribution in [0.3, 0.4) is 0 Å². The average Bonchev–Trinajstić information content (AvgIpc) is 3.41. The predicted molar refractivity (Wildman–Crippen MR) is 146 cm³/mol. The van der Waals surface area contributed by atoms with Crippen molar-refractivity contribution >= 4 is 54.9 Å². The molecule has 34 heavy (non-hydrogen) atoms. The SMILES string of the molecule is Clc1cccc2c1sc1ccc3c(c12)Sc1ccccc1C31c2ccccc2-c2ccccc21. The van der Waals surface area contributed by atoms with Gasteiger partial charge < -0.3 is 0 Å². The molecule has 5 aromatic carbocycles. The van der Waals surface area contributed by atoms with E-state index in [1.165, 1.54) is 63.3 Å². The molecule has 2 aliphatic rings. The first-order chi connectivity index (χ1) is 16.8. The molecule has 0 saturated carbocycles. The van der Waals surface area contributed by atoms with Crippen LogP contribution < -0.4 is 0 Å². The molecule has 0 fully saturated rings. The van der Waals surface area contributed by atoms with Crippen molar-refractivity contribution in [2.75, 3.05) is 0 Å². The Balaban J connectivity index is 1.61. The van der Waals surface area contributed by atoms with Crippen molar-refractivity contribution in [3.63, 3.8) is 0 Å². The number of hydrogen-bond acceptors (Lipinski definition) is 2. The fourth-order valence-corrected chi connectivity index (χ4v) is 8.98. The second kappa shape index (κ2) is 6.76. The predicted octanol–water partition coefficient (Wildman–Crippen LogP) is 9.54. The number of rotatable bonds is 0. The molecule has 1 aliphatic carbocycles. The van der Waals surface area contributed by atoms with E-state index in [1.807, 2.05) is 17.8 Å². The summed E-state index contributed by atoms with van der Waals surface area (Å²) in [6.45, 7) is 0. The molecular formula is C31H17ClS2. The van der Waals surface area contributed by atoms with Gasteiger partial charge in [0.05, 0.1) is 15.1 Å². The molecule has 2 heterocycles. The van der Waals surface area contributed by atoms with Gasteiger partial charge in [-0.2, -0.15) is 0 Å². The van der Waals surface area contributed by atoms with E-state index < -0.39 is 0 Å². The summed E-state index contributed by atoms with van der Waals surface area (Å²) in [6.07, 6.45) is 0. The Hall–Kier alpha value is -3.04. The maximum Gasteiger partial charge on any atom is 0.0735 e. The minimum Gasteiger partial charge on any atom is -0.134 e. The zero-order valence-electron chi connectivity index (χ0n) is 18.0. The molecule has 160 valence electrons. The minimum absolute atomic E-state index is 0.328. The first kappa shape index (κ1) is 19.3. The van der Waals surface area contributed by atoms with Crippen molar-refractivity contribution in [1.82, 2.24) is 0 Å². The molecule has 1 spiro atoms. The lowest BCUT2D eigenvalue weighted by Gasteiger charge is -2.40. The number of halogens is 1. The van der Waals surface area contributed by atoms with Gasteiger partial charge in [0.2, 0.25) is 0 Å². The Morgan fingerprint density at radius 3 is 2.03 bits per heavy atom. The lowest BCUT2D eigenvalue weighted by atomic mass is 9.67. The molecule has 0 amide bonds. The monoisotopic (exact) mass is 488 g/mol. The molecule has 8 rings (SSSR count). The van der Waals surface area contributed by atoms with Crippen molar-refractivity contribution < 1.29 is 0 Å². The van der Waals surface area contributed by atoms with Crippen molar-refractivity contribution in [2.24, 2.45) is 0 Å². The van der Waals surface area contributed by atoms with Gasteiger partial charge in [-0.3, -0.25) is 0 Å². The molecule has 0 saturated heterocycles. The zero-order chi connectivity index (χ0) is 22.4. The lowest BCUT2D eigenvalue weighted by molar-refractivity contribution is 0.726. The molecule has 0 atom stereocenters. The van der Waals surface area contributed by atoms with E-state index >= 15 is 0 Å². The summed E-state index contributed by atoms with van der Waals surface area (Å²) in [5.41, 5.74) is 7.85. The normalized spacial score (nSPS) is 14.7. The number of thiophene rings is 1. The summed E-state index contributed by atoms with van der Waals surface area (Å²) >= 11 is 10.4. The highest BCUT2D eigenvalue weighted by atomic mass is 35.5. The summed E-state index contributed by atoms with van der Waals surface area (Å²) in [4.78, 5) is 2.69. The van der Waals surface area contributed by atoms with Gasteiger partial charge in [0, 0.05) is 25.3 Å². The van der Waals surface area contributed by atoms with Crippen LogP contribution in [0.25, 0.3) is 31.3 Å². The van der Waals surface area contributed by atoms with Crippen LogP contribution in [0.2, 0.25) is 5.02 Å². The van der Waals surface area contributed by atoms with Gasteiger partial charge in [-0.25, -0.2) is 0 Å². The van der Waals surface area contributed by atoms with Crippen LogP contribution in [0.5, 0.6) is 0 Å². The Bertz CT molecular complexity index is 1760. The Kier molecular flexibility index (Phi) is 3.84. The van der Waals surface area contributed by atoms with Gasteiger partial charge in [-0.15, -0.1) is 11.3 Å². The minimum atomic E-state index is -0.328. The highest BCUT2D eigenvalue weighted by molar-refractivity contribution is 7.99. The largest absolute Gasteiger partial charge is 0.134 e. The van der Waals surface area contributed by atoms with Gasteiger partial charge in [0.25, 0.3) is 0 Å². The summed E-state index contributed by atoms with van der Waals surface area (Å²) in [5.74, 6) is 0. The maximum absolute atomic E-state index is 6.65. The second-order valence-electron chi connectivity index (χ2n) is 8.97. The van der Waals surface area contributed by atoms with Gasteiger partial charge in [0.1, 0.15) is 0 Å². The highest BCUT2D eigenvalue weighted by Gasteiger charge is 2.50. The van der Waals surface area contributed by atoms with Crippen LogP contribution in [-0.2, 0) is 5.41 Å². The van der Waals surface area contributed by atoms with Crippen LogP contribution in [0.1, 0.15) is 22.3 Å². The number of benzene rings is 5. The van der Waals surface area contributed by atoms with E-state index in [0.717, 1.165) is 5.02 Å². The van der Waals surface area contributed by atoms with Gasteiger partial charge >= 0.3 is 0 Å². The van der Waals surface area contributed by atoms with Crippen molar-refractivity contribution in [3.8, 4) is 11.1 Å². The molecule has 6 aromatic rings. The first-order valence-electron chi connectivity index (χ1n) is 11.4. The van der Waals surface area contributed by atoms with Gasteiger partial charge in [-0.1, -0.05) is 108 Å². The molecule has 1 aliphatic heterocycles. The molecule has 0 nitrogen and oxygen atoms in total. The van der Waals surface area contributed by atoms with E-state index in [-0.39, 0.29) is 5.41 Å². The van der Waals surface area contributed by atoms with E-state index in [0.29, 0.717) is 0 Å². The van der Waals surface area contributed by atoms with E-state index in [2.05, 4.69) is 97.1 Å². The number of hydrogen-bond donors (Lipinski definition) is 0. The standard InChI is InChI=1S/C31H17ClS2/c32-25-14-7-10-20-28-27(34-29(20)25)17-16-24-30(28)33-26-15-6-5-13-23(26)31(24)21-11-3-1-8-18(21)19-9-2-4-12-22(19)31/h1-17H.